The second kappa shape index (κ2) is 33.4. The van der Waals surface area contributed by atoms with E-state index in [1.807, 2.05) is 147 Å². The molecule has 2 atom stereocenters. The first-order chi connectivity index (χ1) is 41.0. The van der Waals surface area contributed by atoms with Crippen LogP contribution >= 0.6 is 23.5 Å². The van der Waals surface area contributed by atoms with E-state index in [1.54, 1.807) is 36.4 Å². The number of thioether (sulfide) groups is 2. The summed E-state index contributed by atoms with van der Waals surface area (Å²) in [6.45, 7) is 9.84. The zero-order chi connectivity index (χ0) is 58.9. The van der Waals surface area contributed by atoms with Gasteiger partial charge in [-0.2, -0.15) is 0 Å². The summed E-state index contributed by atoms with van der Waals surface area (Å²) in [6.07, 6.45) is 18.7. The summed E-state index contributed by atoms with van der Waals surface area (Å²) in [5.41, 5.74) is 6.95. The maximum Gasteiger partial charge on any atom is 0.343 e. The Bertz CT molecular complexity index is 3150. The van der Waals surface area contributed by atoms with Crippen molar-refractivity contribution in [1.29, 1.82) is 0 Å². The Balaban J connectivity index is 0.690. The predicted octanol–water partition coefficient (Wildman–Crippen LogP) is 20.2. The van der Waals surface area contributed by atoms with Crippen LogP contribution in [-0.4, -0.2) is 46.9 Å². The molecular weight excluding hydrogens is 1080 g/mol. The molecule has 8 aromatic carbocycles. The van der Waals surface area contributed by atoms with E-state index in [2.05, 4.69) is 13.8 Å². The molecule has 0 fully saturated rings. The summed E-state index contributed by atoms with van der Waals surface area (Å²) in [5.74, 6) is 2.79. The molecule has 8 nitrogen and oxygen atoms in total. The van der Waals surface area contributed by atoms with Gasteiger partial charge in [0.2, 0.25) is 0 Å². The molecule has 0 aliphatic rings. The average Bonchev–Trinajstić information content (AvgIpc) is 3.62. The maximum atomic E-state index is 13.3. The number of ether oxygens (including phenoxy) is 4. The largest absolute Gasteiger partial charge is 0.494 e. The number of esters is 2. The van der Waals surface area contributed by atoms with E-state index in [4.69, 9.17) is 18.9 Å². The minimum absolute atomic E-state index is 0.142. The summed E-state index contributed by atoms with van der Waals surface area (Å²) in [4.78, 5) is 52.9. The Morgan fingerprint density at radius 2 is 0.655 bits per heavy atom. The van der Waals surface area contributed by atoms with E-state index in [0.29, 0.717) is 22.6 Å². The van der Waals surface area contributed by atoms with Crippen LogP contribution in [0.15, 0.2) is 170 Å². The van der Waals surface area contributed by atoms with Crippen molar-refractivity contribution in [3.05, 3.63) is 192 Å². The van der Waals surface area contributed by atoms with Crippen LogP contribution in [0.3, 0.4) is 0 Å². The van der Waals surface area contributed by atoms with E-state index < -0.39 is 11.9 Å². The van der Waals surface area contributed by atoms with Crippen molar-refractivity contribution < 1.29 is 38.1 Å². The van der Waals surface area contributed by atoms with Crippen molar-refractivity contribution in [2.75, 3.05) is 24.7 Å². The highest BCUT2D eigenvalue weighted by Crippen LogP contribution is 2.32. The zero-order valence-electron chi connectivity index (χ0n) is 49.5. The minimum Gasteiger partial charge on any atom is -0.494 e. The van der Waals surface area contributed by atoms with Gasteiger partial charge in [-0.25, -0.2) is 9.59 Å². The van der Waals surface area contributed by atoms with Crippen LogP contribution < -0.4 is 18.9 Å². The van der Waals surface area contributed by atoms with Crippen molar-refractivity contribution in [2.24, 2.45) is 0 Å². The molecule has 8 aromatic rings. The van der Waals surface area contributed by atoms with Crippen LogP contribution in [0.2, 0.25) is 0 Å². The smallest absolute Gasteiger partial charge is 0.343 e. The van der Waals surface area contributed by atoms with Gasteiger partial charge in [-0.05, 0) is 153 Å². The predicted molar refractivity (Wildman–Crippen MR) is 350 cm³/mol. The molecule has 0 radical (unpaired) electrons. The molecule has 438 valence electrons. The molecule has 0 saturated carbocycles. The topological polar surface area (TPSA) is 105 Å². The van der Waals surface area contributed by atoms with Gasteiger partial charge >= 0.3 is 11.9 Å². The van der Waals surface area contributed by atoms with E-state index >= 15 is 0 Å². The number of hydrogen-bond donors (Lipinski definition) is 0. The lowest BCUT2D eigenvalue weighted by molar-refractivity contribution is -0.112. The van der Waals surface area contributed by atoms with Crippen molar-refractivity contribution in [3.8, 4) is 45.3 Å². The average molecular weight is 1160 g/mol. The minimum atomic E-state index is -0.425. The van der Waals surface area contributed by atoms with Gasteiger partial charge < -0.3 is 18.9 Å². The second-order valence-electron chi connectivity index (χ2n) is 21.9. The summed E-state index contributed by atoms with van der Waals surface area (Å²) < 4.78 is 23.5. The number of rotatable bonds is 33. The van der Waals surface area contributed by atoms with Crippen molar-refractivity contribution in [1.82, 2.24) is 0 Å². The number of fused-ring (bicyclic) bond motifs is 2. The molecule has 0 spiro atoms. The Kier molecular flexibility index (Phi) is 25.0. The normalized spacial score (nSPS) is 12.0. The lowest BCUT2D eigenvalue weighted by atomic mass is 9.98. The van der Waals surface area contributed by atoms with Gasteiger partial charge in [0.1, 0.15) is 23.0 Å². The number of hydrogen-bond acceptors (Lipinski definition) is 10. The fourth-order valence-electron chi connectivity index (χ4n) is 10.1. The Hall–Kier alpha value is -7.14. The van der Waals surface area contributed by atoms with Gasteiger partial charge in [0.15, 0.2) is 10.2 Å². The molecule has 2 unspecified atom stereocenters. The van der Waals surface area contributed by atoms with Gasteiger partial charge in [-0.3, -0.25) is 9.59 Å². The van der Waals surface area contributed by atoms with Crippen LogP contribution in [-0.2, 0) is 9.59 Å². The van der Waals surface area contributed by atoms with Gasteiger partial charge in [0, 0.05) is 11.5 Å². The number of unbranched alkanes of at least 4 members (excludes halogenated alkanes) is 13. The van der Waals surface area contributed by atoms with Gasteiger partial charge in [-0.1, -0.05) is 225 Å². The van der Waals surface area contributed by atoms with Gasteiger partial charge in [-0.15, -0.1) is 0 Å². The molecule has 8 rings (SSSR count). The van der Waals surface area contributed by atoms with Crippen molar-refractivity contribution in [3.63, 3.8) is 0 Å². The van der Waals surface area contributed by atoms with Crippen LogP contribution in [0.25, 0.3) is 43.8 Å². The fraction of sp³-hybridized carbons (Fsp3) is 0.351. The maximum absolute atomic E-state index is 13.3. The van der Waals surface area contributed by atoms with E-state index in [0.717, 1.165) is 130 Å². The zero-order valence-corrected chi connectivity index (χ0v) is 51.2. The third-order valence-corrected chi connectivity index (χ3v) is 17.7. The molecule has 0 aliphatic heterocycles. The van der Waals surface area contributed by atoms with E-state index in [9.17, 15) is 19.2 Å². The lowest BCUT2D eigenvalue weighted by Gasteiger charge is -2.13. The first kappa shape index (κ1) is 62.9. The van der Waals surface area contributed by atoms with E-state index in [-0.39, 0.29) is 22.1 Å². The molecule has 84 heavy (non-hydrogen) atoms. The number of carbonyl (C=O) groups is 4. The first-order valence-electron chi connectivity index (χ1n) is 30.6. The summed E-state index contributed by atoms with van der Waals surface area (Å²) >= 11 is 2.78. The Morgan fingerprint density at radius 3 is 1.04 bits per heavy atom. The molecule has 0 N–H and O–H groups in total. The standard InChI is InChI=1S/C74H82O8S2/c1-5-7-9-11-13-17-45-79-67-39-33-57(34-40-67)55-21-25-59(26-22-55)71(75)81-69-43-37-63-49-61(29-31-65(63)51-69)53(3)73(77)83-47-19-15-16-20-48-84-74(78)54(4)62-30-32-66-52-70(44-38-64(66)50-62)82-72(76)60-27-23-56(24-28-60)58-35-41-68(42-36-58)80-46-18-14-12-10-8-6-2/h21-44,49-54H,5-20,45-48H2,1-4H3. The Morgan fingerprint density at radius 1 is 0.345 bits per heavy atom. The quantitative estimate of drug-likeness (QED) is 0.0224. The molecular formula is C74H82O8S2. The molecule has 10 heteroatoms. The molecule has 0 bridgehead atoms. The summed E-state index contributed by atoms with van der Waals surface area (Å²) in [5, 5.41) is 4.07. The van der Waals surface area contributed by atoms with Gasteiger partial charge in [0.05, 0.1) is 36.2 Å². The van der Waals surface area contributed by atoms with Crippen LogP contribution in [0.5, 0.6) is 23.0 Å². The number of carbonyl (C=O) groups excluding carboxylic acids is 4. The van der Waals surface area contributed by atoms with Gasteiger partial charge in [0.25, 0.3) is 0 Å². The third-order valence-electron chi connectivity index (χ3n) is 15.5. The molecule has 0 saturated heterocycles. The van der Waals surface area contributed by atoms with Crippen LogP contribution in [0.1, 0.15) is 174 Å². The fourth-order valence-corrected chi connectivity index (χ4v) is 12.0. The monoisotopic (exact) mass is 1160 g/mol. The molecule has 0 amide bonds. The Labute approximate surface area is 506 Å². The third kappa shape index (κ3) is 19.2. The summed E-state index contributed by atoms with van der Waals surface area (Å²) in [6, 6.07) is 54.2. The van der Waals surface area contributed by atoms with Crippen molar-refractivity contribution >= 4 is 67.2 Å². The molecule has 0 aliphatic carbocycles. The van der Waals surface area contributed by atoms with Crippen molar-refractivity contribution in [2.45, 2.75) is 142 Å². The summed E-state index contributed by atoms with van der Waals surface area (Å²) in [7, 11) is 0. The highest BCUT2D eigenvalue weighted by atomic mass is 32.2. The number of benzene rings is 8. The highest BCUT2D eigenvalue weighted by molar-refractivity contribution is 8.14. The molecule has 0 aromatic heterocycles. The first-order valence-corrected chi connectivity index (χ1v) is 32.5. The second-order valence-corrected chi connectivity index (χ2v) is 24.1. The molecule has 0 heterocycles. The SMILES string of the molecule is CCCCCCCCOc1ccc(-c2ccc(C(=O)Oc3ccc4cc(C(C)C(=O)SCCCCCCSC(=O)C(C)c5ccc6cc(OC(=O)c7ccc(-c8ccc(OCCCCCCCC)cc8)cc7)ccc6c5)ccc4c3)cc2)cc1. The van der Waals surface area contributed by atoms with Crippen LogP contribution in [0, 0.1) is 0 Å². The lowest BCUT2D eigenvalue weighted by Crippen LogP contribution is -2.08. The highest BCUT2D eigenvalue weighted by Gasteiger charge is 2.19. The van der Waals surface area contributed by atoms with E-state index in [1.165, 1.54) is 87.7 Å². The van der Waals surface area contributed by atoms with Crippen LogP contribution in [0.4, 0.5) is 0 Å².